The molecule has 0 saturated heterocycles. The average molecular weight is 511 g/mol. The molecule has 0 bridgehead atoms. The van der Waals surface area contributed by atoms with Crippen LogP contribution in [0.15, 0.2) is 30.3 Å². The number of Topliss-reactive ketones (excluding diaryl/α,β-unsaturated/α-hetero) is 1. The van der Waals surface area contributed by atoms with Crippen LogP contribution in [-0.2, 0) is 41.4 Å². The normalized spacial score (nSPS) is 12.3. The highest BCUT2D eigenvalue weighted by Gasteiger charge is 2.28. The fraction of sp³-hybridized carbons (Fsp3) is 0.542. The second-order valence-electron chi connectivity index (χ2n) is 8.25. The van der Waals surface area contributed by atoms with Crippen LogP contribution in [0.3, 0.4) is 0 Å². The van der Waals surface area contributed by atoms with E-state index < -0.39 is 30.1 Å². The molecule has 2 atom stereocenters. The van der Waals surface area contributed by atoms with Crippen LogP contribution < -0.4 is 16.0 Å². The molecule has 2 unspecified atom stereocenters. The largest absolute Gasteiger partial charge is 0.480 e. The number of rotatable bonds is 16. The number of aliphatic carboxylic acids is 1. The van der Waals surface area contributed by atoms with Crippen molar-refractivity contribution in [1.29, 1.82) is 0 Å². The van der Waals surface area contributed by atoms with E-state index >= 15 is 0 Å². The summed E-state index contributed by atoms with van der Waals surface area (Å²) in [7, 11) is -0.105. The number of ether oxygens (including phenoxy) is 1. The van der Waals surface area contributed by atoms with Gasteiger partial charge in [0.1, 0.15) is 18.7 Å². The fourth-order valence-corrected chi connectivity index (χ4v) is 3.82. The van der Waals surface area contributed by atoms with Crippen LogP contribution in [0.25, 0.3) is 0 Å². The first-order chi connectivity index (χ1) is 16.6. The van der Waals surface area contributed by atoms with Crippen molar-refractivity contribution in [2.75, 3.05) is 24.8 Å². The van der Waals surface area contributed by atoms with Crippen LogP contribution in [0.1, 0.15) is 44.6 Å². The molecule has 0 spiro atoms. The highest BCUT2D eigenvalue weighted by molar-refractivity contribution is 7.96. The predicted octanol–water partition coefficient (Wildman–Crippen LogP) is 1.38. The smallest absolute Gasteiger partial charge is 0.408 e. The number of carbonyl (C=O) groups excluding carboxylic acids is 4. The lowest BCUT2D eigenvalue weighted by molar-refractivity contribution is -0.142. The number of benzene rings is 1. The molecule has 0 aliphatic carbocycles. The van der Waals surface area contributed by atoms with Crippen LogP contribution in [0, 0.1) is 0 Å². The Balaban J connectivity index is 2.78. The number of ketones is 1. The molecule has 0 radical (unpaired) electrons. The minimum absolute atomic E-state index is 0.0130. The summed E-state index contributed by atoms with van der Waals surface area (Å²) in [4.78, 5) is 60.8. The van der Waals surface area contributed by atoms with Crippen LogP contribution in [0.5, 0.6) is 0 Å². The van der Waals surface area contributed by atoms with Crippen molar-refractivity contribution in [3.05, 3.63) is 35.9 Å². The lowest BCUT2D eigenvalue weighted by Crippen LogP contribution is -2.52. The van der Waals surface area contributed by atoms with Crippen LogP contribution in [0.2, 0.25) is 0 Å². The summed E-state index contributed by atoms with van der Waals surface area (Å²) in [5, 5.41) is 17.0. The molecule has 35 heavy (non-hydrogen) atoms. The number of carboxylic acids is 1. The van der Waals surface area contributed by atoms with E-state index in [-0.39, 0.29) is 54.9 Å². The fourth-order valence-electron chi connectivity index (χ4n) is 3.03. The van der Waals surface area contributed by atoms with E-state index in [1.54, 1.807) is 24.3 Å². The van der Waals surface area contributed by atoms with Crippen molar-refractivity contribution in [1.82, 2.24) is 16.0 Å². The number of carbonyl (C=O) groups is 5. The second-order valence-corrected chi connectivity index (χ2v) is 10.5. The Bertz CT molecular complexity index is 849. The topological polar surface area (TPSA) is 151 Å². The maximum atomic E-state index is 12.9. The van der Waals surface area contributed by atoms with E-state index in [9.17, 15) is 29.1 Å². The molecule has 4 N–H and O–H groups in total. The van der Waals surface area contributed by atoms with Gasteiger partial charge in [-0.25, -0.2) is 9.59 Å². The van der Waals surface area contributed by atoms with Crippen LogP contribution >= 0.6 is 0 Å². The molecular formula is C24H36N3O7S+. The van der Waals surface area contributed by atoms with Gasteiger partial charge < -0.3 is 25.8 Å². The van der Waals surface area contributed by atoms with Crippen molar-refractivity contribution in [2.45, 2.75) is 57.7 Å². The van der Waals surface area contributed by atoms with Gasteiger partial charge in [0.25, 0.3) is 0 Å². The van der Waals surface area contributed by atoms with Gasteiger partial charge in [-0.3, -0.25) is 14.4 Å². The van der Waals surface area contributed by atoms with E-state index in [1.807, 2.05) is 25.5 Å². The SMILES string of the molecule is CCCNC(=O)CCC(NC(=O)OCc1ccccc1)C(=O)NC(CCC(=O)C[S+](C)C)C(=O)O. The van der Waals surface area contributed by atoms with Gasteiger partial charge in [-0.05, 0) is 35.7 Å². The van der Waals surface area contributed by atoms with Gasteiger partial charge in [0, 0.05) is 19.4 Å². The number of amides is 3. The third-order valence-corrected chi connectivity index (χ3v) is 5.73. The first kappa shape index (κ1) is 30.0. The maximum Gasteiger partial charge on any atom is 0.408 e. The number of hydrogen-bond donors (Lipinski definition) is 4. The van der Waals surface area contributed by atoms with Crippen molar-refractivity contribution in [2.24, 2.45) is 0 Å². The molecule has 11 heteroatoms. The molecule has 0 aliphatic rings. The molecule has 1 aromatic rings. The average Bonchev–Trinajstić information content (AvgIpc) is 2.81. The Morgan fingerprint density at radius 2 is 1.63 bits per heavy atom. The highest BCUT2D eigenvalue weighted by Crippen LogP contribution is 2.06. The standard InChI is InChI=1S/C24H35N3O7S/c1-4-14-25-21(29)13-12-19(27-24(33)34-15-17-8-6-5-7-9-17)22(30)26-20(23(31)32)11-10-18(28)16-35(2)3/h5-9,19-20H,4,10-16H2,1-3H3,(H3-,25,26,27,29,30,31,32,33)/p+1. The Kier molecular flexibility index (Phi) is 14.1. The third-order valence-electron chi connectivity index (χ3n) is 4.83. The molecule has 1 aromatic carbocycles. The van der Waals surface area contributed by atoms with Gasteiger partial charge in [0.15, 0.2) is 11.5 Å². The van der Waals surface area contributed by atoms with E-state index in [4.69, 9.17) is 4.74 Å². The minimum Gasteiger partial charge on any atom is -0.480 e. The predicted molar refractivity (Wildman–Crippen MR) is 134 cm³/mol. The number of hydrogen-bond acceptors (Lipinski definition) is 6. The van der Waals surface area contributed by atoms with E-state index in [1.165, 1.54) is 0 Å². The van der Waals surface area contributed by atoms with Crippen molar-refractivity contribution >= 4 is 40.6 Å². The molecule has 0 fully saturated rings. The summed E-state index contributed by atoms with van der Waals surface area (Å²) < 4.78 is 5.16. The van der Waals surface area contributed by atoms with Crippen LogP contribution in [-0.4, -0.2) is 71.7 Å². The molecular weight excluding hydrogens is 474 g/mol. The quantitative estimate of drug-likeness (QED) is 0.245. The first-order valence-electron chi connectivity index (χ1n) is 11.4. The summed E-state index contributed by atoms with van der Waals surface area (Å²) >= 11 is 0. The highest BCUT2D eigenvalue weighted by atomic mass is 32.2. The summed E-state index contributed by atoms with van der Waals surface area (Å²) in [5.74, 6) is -2.07. The van der Waals surface area contributed by atoms with Gasteiger partial charge in [0.2, 0.25) is 11.8 Å². The molecule has 1 rings (SSSR count). The van der Waals surface area contributed by atoms with Gasteiger partial charge in [-0.1, -0.05) is 37.3 Å². The van der Waals surface area contributed by atoms with Gasteiger partial charge in [0.05, 0.1) is 12.5 Å². The number of alkyl carbamates (subject to hydrolysis) is 1. The zero-order valence-electron chi connectivity index (χ0n) is 20.5. The van der Waals surface area contributed by atoms with E-state index in [2.05, 4.69) is 16.0 Å². The monoisotopic (exact) mass is 510 g/mol. The molecule has 0 saturated carbocycles. The van der Waals surface area contributed by atoms with Crippen molar-refractivity contribution in [3.8, 4) is 0 Å². The summed E-state index contributed by atoms with van der Waals surface area (Å²) in [6.45, 7) is 2.36. The molecule has 0 heterocycles. The Morgan fingerprint density at radius 1 is 0.971 bits per heavy atom. The van der Waals surface area contributed by atoms with Gasteiger partial charge in [-0.2, -0.15) is 0 Å². The third kappa shape index (κ3) is 13.4. The van der Waals surface area contributed by atoms with Crippen molar-refractivity contribution < 1.29 is 33.8 Å². The van der Waals surface area contributed by atoms with Crippen LogP contribution in [0.4, 0.5) is 4.79 Å². The minimum atomic E-state index is -1.31. The first-order valence-corrected chi connectivity index (χ1v) is 13.7. The molecule has 194 valence electrons. The van der Waals surface area contributed by atoms with E-state index in [0.29, 0.717) is 12.3 Å². The maximum absolute atomic E-state index is 12.9. The molecule has 10 nitrogen and oxygen atoms in total. The number of carboxylic acid groups (broad SMARTS) is 1. The van der Waals surface area contributed by atoms with Crippen molar-refractivity contribution in [3.63, 3.8) is 0 Å². The molecule has 0 aromatic heterocycles. The summed E-state index contributed by atoms with van der Waals surface area (Å²) in [6.07, 6.45) is 3.54. The Hall–Kier alpha value is -3.08. The zero-order valence-corrected chi connectivity index (χ0v) is 21.3. The lowest BCUT2D eigenvalue weighted by atomic mass is 10.1. The Labute approximate surface area is 208 Å². The molecule has 3 amide bonds. The van der Waals surface area contributed by atoms with Gasteiger partial charge in [-0.15, -0.1) is 0 Å². The Morgan fingerprint density at radius 3 is 2.23 bits per heavy atom. The van der Waals surface area contributed by atoms with E-state index in [0.717, 1.165) is 12.0 Å². The summed E-state index contributed by atoms with van der Waals surface area (Å²) in [6, 6.07) is 6.45. The molecule has 0 aliphatic heterocycles. The summed E-state index contributed by atoms with van der Waals surface area (Å²) in [5.41, 5.74) is 0.750. The number of nitrogens with one attached hydrogen (secondary N) is 3. The van der Waals surface area contributed by atoms with Gasteiger partial charge >= 0.3 is 12.1 Å². The zero-order chi connectivity index (χ0) is 26.2. The second kappa shape index (κ2) is 16.5. The lowest BCUT2D eigenvalue weighted by Gasteiger charge is -2.21.